The van der Waals surface area contributed by atoms with E-state index in [1.807, 2.05) is 30.3 Å². The number of rotatable bonds is 15. The maximum Gasteiger partial charge on any atom is 0.313 e. The Labute approximate surface area is 280 Å². The molecule has 10 nitrogen and oxygen atoms in total. The first-order chi connectivity index (χ1) is 22.7. The van der Waals surface area contributed by atoms with E-state index in [0.29, 0.717) is 35.5 Å². The van der Waals surface area contributed by atoms with Gasteiger partial charge in [-0.2, -0.15) is 0 Å². The van der Waals surface area contributed by atoms with Crippen molar-refractivity contribution in [3.63, 3.8) is 0 Å². The van der Waals surface area contributed by atoms with Crippen LogP contribution in [0.3, 0.4) is 0 Å². The number of nitrogens with zero attached hydrogens (tertiary/aromatic N) is 2. The number of aliphatic hydroxyl groups is 1. The quantitative estimate of drug-likeness (QED) is 0.214. The number of esters is 1. The van der Waals surface area contributed by atoms with Gasteiger partial charge in [0.15, 0.2) is 0 Å². The summed E-state index contributed by atoms with van der Waals surface area (Å²) in [6.07, 6.45) is 3.69. The van der Waals surface area contributed by atoms with Gasteiger partial charge in [-0.05, 0) is 62.4 Å². The van der Waals surface area contributed by atoms with Gasteiger partial charge in [-0.1, -0.05) is 54.1 Å². The second-order valence-electron chi connectivity index (χ2n) is 12.3. The minimum Gasteiger partial charge on any atom is -0.455 e. The molecule has 2 aromatic rings. The van der Waals surface area contributed by atoms with Crippen LogP contribution < -0.4 is 10.2 Å². The van der Waals surface area contributed by atoms with E-state index >= 15 is 0 Å². The first-order valence-electron chi connectivity index (χ1n) is 16.1. The third-order valence-corrected chi connectivity index (χ3v) is 9.62. The number of benzene rings is 2. The highest BCUT2D eigenvalue weighted by atomic mass is 35.5. The Morgan fingerprint density at radius 2 is 1.89 bits per heavy atom. The van der Waals surface area contributed by atoms with Crippen molar-refractivity contribution in [3.05, 3.63) is 90.5 Å². The smallest absolute Gasteiger partial charge is 0.313 e. The number of allylic oxidation sites excluding steroid dienone is 1. The van der Waals surface area contributed by atoms with Crippen LogP contribution in [0.4, 0.5) is 5.69 Å². The van der Waals surface area contributed by atoms with E-state index in [1.165, 1.54) is 9.80 Å². The highest BCUT2D eigenvalue weighted by molar-refractivity contribution is 6.30. The molecule has 3 saturated heterocycles. The zero-order chi connectivity index (χ0) is 33.7. The van der Waals surface area contributed by atoms with E-state index in [0.717, 1.165) is 0 Å². The summed E-state index contributed by atoms with van der Waals surface area (Å²) in [7, 11) is 0. The van der Waals surface area contributed by atoms with Crippen molar-refractivity contribution in [2.24, 2.45) is 11.8 Å². The fraction of sp³-hybridized carbons (Fsp3) is 0.444. The van der Waals surface area contributed by atoms with E-state index in [2.05, 4.69) is 18.5 Å². The third-order valence-electron chi connectivity index (χ3n) is 9.37. The maximum atomic E-state index is 14.5. The topological polar surface area (TPSA) is 125 Å². The molecular weight excluding hydrogens is 622 g/mol. The molecule has 2 bridgehead atoms. The number of likely N-dealkylation sites (tertiary alicyclic amines) is 1. The van der Waals surface area contributed by atoms with Gasteiger partial charge in [0, 0.05) is 36.8 Å². The molecule has 0 aliphatic carbocycles. The fourth-order valence-electron chi connectivity index (χ4n) is 7.34. The zero-order valence-electron chi connectivity index (χ0n) is 26.6. The van der Waals surface area contributed by atoms with Crippen molar-refractivity contribution in [1.82, 2.24) is 10.2 Å². The number of carbonyl (C=O) groups excluding carboxylic acids is 4. The van der Waals surface area contributed by atoms with Crippen molar-refractivity contribution >= 4 is 41.0 Å². The average molecular weight is 664 g/mol. The predicted octanol–water partition coefficient (Wildman–Crippen LogP) is 4.37. The van der Waals surface area contributed by atoms with Crippen LogP contribution in [0.5, 0.6) is 0 Å². The molecule has 47 heavy (non-hydrogen) atoms. The van der Waals surface area contributed by atoms with Crippen molar-refractivity contribution in [3.8, 4) is 0 Å². The summed E-state index contributed by atoms with van der Waals surface area (Å²) in [5, 5.41) is 13.1. The van der Waals surface area contributed by atoms with Crippen LogP contribution in [0.15, 0.2) is 79.9 Å². The highest BCUT2D eigenvalue weighted by Crippen LogP contribution is 2.59. The maximum absolute atomic E-state index is 14.5. The summed E-state index contributed by atoms with van der Waals surface area (Å²) in [6, 6.07) is 14.3. The molecule has 3 aliphatic rings. The van der Waals surface area contributed by atoms with Crippen LogP contribution >= 0.6 is 11.6 Å². The first-order valence-corrected chi connectivity index (χ1v) is 16.5. The Balaban J connectivity index is 1.46. The van der Waals surface area contributed by atoms with E-state index < -0.39 is 47.7 Å². The van der Waals surface area contributed by atoms with Gasteiger partial charge in [-0.25, -0.2) is 0 Å². The molecule has 3 heterocycles. The first kappa shape index (κ1) is 34.3. The van der Waals surface area contributed by atoms with Crippen molar-refractivity contribution in [2.45, 2.75) is 68.9 Å². The number of hydrogen-bond donors (Lipinski definition) is 2. The van der Waals surface area contributed by atoms with Gasteiger partial charge in [0.05, 0.1) is 24.0 Å². The van der Waals surface area contributed by atoms with Crippen molar-refractivity contribution in [1.29, 1.82) is 0 Å². The lowest BCUT2D eigenvalue weighted by molar-refractivity contribution is -0.162. The lowest BCUT2D eigenvalue weighted by Crippen LogP contribution is -2.56. The number of anilines is 1. The molecule has 3 amide bonds. The third kappa shape index (κ3) is 6.72. The Kier molecular flexibility index (Phi) is 10.8. The van der Waals surface area contributed by atoms with E-state index in [9.17, 15) is 24.3 Å². The second kappa shape index (κ2) is 14.8. The summed E-state index contributed by atoms with van der Waals surface area (Å²) >= 11 is 6.12. The molecule has 3 aliphatic heterocycles. The minimum atomic E-state index is -1.25. The molecule has 5 rings (SSSR count). The Hall–Kier alpha value is -3.99. The van der Waals surface area contributed by atoms with Gasteiger partial charge in [0.2, 0.25) is 11.8 Å². The molecule has 11 heteroatoms. The molecule has 1 spiro atoms. The Morgan fingerprint density at radius 3 is 2.55 bits per heavy atom. The predicted molar refractivity (Wildman–Crippen MR) is 177 cm³/mol. The minimum absolute atomic E-state index is 0.114. The molecule has 0 aromatic heterocycles. The lowest BCUT2D eigenvalue weighted by Gasteiger charge is -2.36. The standard InChI is InChI=1S/C36H42ClN3O7/c1-4-6-13-28(42)38-23(3)31(24-11-8-7-9-12-24)46-35(45)29-27-18-19-36(47-27)30(29)33(43)40(21-10-22-41)32(36)34(44)39(20-5-2)26-16-14-25(37)15-17-26/h4-5,7-9,11-12,14-17,23,27,29-32,41H,1-2,6,10,13,18-22H2,3H3,(H,38,42)/t23-,27+,29-,30-,31-,32+,36-/m0/s1. The summed E-state index contributed by atoms with van der Waals surface area (Å²) < 4.78 is 12.8. The van der Waals surface area contributed by atoms with E-state index in [4.69, 9.17) is 21.1 Å². The van der Waals surface area contributed by atoms with E-state index in [-0.39, 0.29) is 50.3 Å². The van der Waals surface area contributed by atoms with Crippen molar-refractivity contribution < 1.29 is 33.8 Å². The normalized spacial score (nSPS) is 25.5. The van der Waals surface area contributed by atoms with Crippen LogP contribution in [0.1, 0.15) is 50.7 Å². The number of amides is 3. The summed E-state index contributed by atoms with van der Waals surface area (Å²) in [4.78, 5) is 58.6. The number of aliphatic hydroxyl groups excluding tert-OH is 1. The molecule has 2 N–H and O–H groups in total. The van der Waals surface area contributed by atoms with Gasteiger partial charge < -0.3 is 29.7 Å². The molecule has 2 aromatic carbocycles. The number of ether oxygens (including phenoxy) is 2. The van der Waals surface area contributed by atoms with Gasteiger partial charge in [-0.15, -0.1) is 13.2 Å². The fourth-order valence-corrected chi connectivity index (χ4v) is 7.47. The highest BCUT2D eigenvalue weighted by Gasteiger charge is 2.75. The lowest BCUT2D eigenvalue weighted by atomic mass is 9.70. The van der Waals surface area contributed by atoms with Crippen LogP contribution in [-0.2, 0) is 28.7 Å². The Bertz CT molecular complexity index is 1490. The number of nitrogens with one attached hydrogen (secondary N) is 1. The summed E-state index contributed by atoms with van der Waals surface area (Å²) in [6.45, 7) is 9.37. The second-order valence-corrected chi connectivity index (χ2v) is 12.8. The molecular formula is C36H42ClN3O7. The molecule has 0 saturated carbocycles. The van der Waals surface area contributed by atoms with E-state index in [1.54, 1.807) is 43.3 Å². The van der Waals surface area contributed by atoms with Crippen LogP contribution in [0, 0.1) is 11.8 Å². The average Bonchev–Trinajstić information content (AvgIpc) is 3.71. The zero-order valence-corrected chi connectivity index (χ0v) is 27.3. The molecule has 250 valence electrons. The van der Waals surface area contributed by atoms with Gasteiger partial charge >= 0.3 is 5.97 Å². The number of hydrogen-bond acceptors (Lipinski definition) is 7. The van der Waals surface area contributed by atoms with Crippen LogP contribution in [-0.4, -0.2) is 77.2 Å². The number of halogens is 1. The molecule has 7 atom stereocenters. The van der Waals surface area contributed by atoms with Crippen LogP contribution in [0.2, 0.25) is 5.02 Å². The summed E-state index contributed by atoms with van der Waals surface area (Å²) in [5.41, 5.74) is 0.0120. The van der Waals surface area contributed by atoms with Crippen LogP contribution in [0.25, 0.3) is 0 Å². The van der Waals surface area contributed by atoms with Gasteiger partial charge in [0.25, 0.3) is 5.91 Å². The largest absolute Gasteiger partial charge is 0.455 e. The molecule has 3 fully saturated rings. The SMILES string of the molecule is C=CCCC(=O)N[C@@H](C)[C@H](OC(=O)[C@@H]1[C@H]2C(=O)N(CCCO)[C@H](C(=O)N(CC=C)c3ccc(Cl)cc3)[C@]23CC[C@H]1O3)c1ccccc1. The number of carbonyl (C=O) groups is 4. The number of fused-ring (bicyclic) bond motifs is 1. The van der Waals surface area contributed by atoms with Gasteiger partial charge in [-0.3, -0.25) is 19.2 Å². The van der Waals surface area contributed by atoms with Gasteiger partial charge in [0.1, 0.15) is 17.7 Å². The van der Waals surface area contributed by atoms with Crippen molar-refractivity contribution in [2.75, 3.05) is 24.6 Å². The molecule has 0 radical (unpaired) electrons. The monoisotopic (exact) mass is 663 g/mol. The Morgan fingerprint density at radius 1 is 1.17 bits per heavy atom. The summed E-state index contributed by atoms with van der Waals surface area (Å²) in [5.74, 6) is -3.47. The molecule has 0 unspecified atom stereocenters.